The average Bonchev–Trinajstić information content (AvgIpc) is 3.27. The lowest BCUT2D eigenvalue weighted by Crippen LogP contribution is -2.43. The van der Waals surface area contributed by atoms with E-state index in [1.54, 1.807) is 16.6 Å². The third kappa shape index (κ3) is 5.48. The highest BCUT2D eigenvalue weighted by Gasteiger charge is 2.32. The molecule has 3 heterocycles. The third-order valence-corrected chi connectivity index (χ3v) is 6.74. The molecular weight excluding hydrogens is 463 g/mol. The van der Waals surface area contributed by atoms with E-state index < -0.39 is 17.7 Å². The summed E-state index contributed by atoms with van der Waals surface area (Å²) < 4.78 is 15.9. The number of nitrogens with one attached hydrogen (secondary N) is 2. The fourth-order valence-corrected chi connectivity index (χ4v) is 4.35. The van der Waals surface area contributed by atoms with Crippen LogP contribution in [0.2, 0.25) is 0 Å². The van der Waals surface area contributed by atoms with Gasteiger partial charge in [-0.05, 0) is 70.7 Å². The second-order valence-corrected chi connectivity index (χ2v) is 10.3. The topological polar surface area (TPSA) is 136 Å². The Morgan fingerprint density at radius 2 is 2.06 bits per heavy atom. The van der Waals surface area contributed by atoms with Crippen LogP contribution in [-0.4, -0.2) is 60.7 Å². The maximum absolute atomic E-state index is 14.3. The Labute approximate surface area is 209 Å². The molecule has 3 aromatic heterocycles. The first-order valence-corrected chi connectivity index (χ1v) is 12.0. The highest BCUT2D eigenvalue weighted by Crippen LogP contribution is 2.34. The van der Waals surface area contributed by atoms with E-state index in [1.807, 2.05) is 19.1 Å². The largest absolute Gasteiger partial charge is 0.393 e. The van der Waals surface area contributed by atoms with Crippen molar-refractivity contribution < 1.29 is 19.4 Å². The lowest BCUT2D eigenvalue weighted by atomic mass is 9.81. The molecule has 190 valence electrons. The number of hydrogen-bond acceptors (Lipinski definition) is 7. The number of aliphatic hydroxyl groups excluding tert-OH is 1. The first-order valence-electron chi connectivity index (χ1n) is 12.0. The van der Waals surface area contributed by atoms with E-state index in [0.717, 1.165) is 5.52 Å². The molecule has 3 aromatic rings. The van der Waals surface area contributed by atoms with E-state index in [9.17, 15) is 19.4 Å². The molecule has 1 fully saturated rings. The van der Waals surface area contributed by atoms with Crippen LogP contribution in [0.25, 0.3) is 16.9 Å². The summed E-state index contributed by atoms with van der Waals surface area (Å²) in [5.74, 6) is -0.514. The predicted molar refractivity (Wildman–Crippen MR) is 133 cm³/mol. The van der Waals surface area contributed by atoms with Gasteiger partial charge in [0.1, 0.15) is 12.2 Å². The van der Waals surface area contributed by atoms with Gasteiger partial charge in [0, 0.05) is 11.7 Å². The Morgan fingerprint density at radius 1 is 1.33 bits per heavy atom. The molecule has 0 saturated heterocycles. The SMILES string of the molecule is CC(C)(O)[C@H](F)CNC(=O)c1cnc(-c2ccc3cc(C#N)cnn23)cc1N[C@]1(C)CC[C@H](O)CC1. The van der Waals surface area contributed by atoms with E-state index in [2.05, 4.69) is 26.8 Å². The summed E-state index contributed by atoms with van der Waals surface area (Å²) in [6.45, 7) is 4.40. The zero-order valence-electron chi connectivity index (χ0n) is 20.6. The number of nitrogens with zero attached hydrogens (tertiary/aromatic N) is 4. The maximum Gasteiger partial charge on any atom is 0.255 e. The van der Waals surface area contributed by atoms with Gasteiger partial charge in [0.2, 0.25) is 0 Å². The number of hydrogen-bond donors (Lipinski definition) is 4. The van der Waals surface area contributed by atoms with Gasteiger partial charge in [-0.15, -0.1) is 0 Å². The smallest absolute Gasteiger partial charge is 0.255 e. The molecule has 1 amide bonds. The Kier molecular flexibility index (Phi) is 6.98. The van der Waals surface area contributed by atoms with Gasteiger partial charge in [-0.1, -0.05) is 0 Å². The van der Waals surface area contributed by atoms with Crippen LogP contribution in [0.15, 0.2) is 36.7 Å². The number of aliphatic hydroxyl groups is 2. The van der Waals surface area contributed by atoms with Crippen LogP contribution in [0.5, 0.6) is 0 Å². The van der Waals surface area contributed by atoms with Crippen molar-refractivity contribution in [1.82, 2.24) is 19.9 Å². The summed E-state index contributed by atoms with van der Waals surface area (Å²) in [5.41, 5.74) is 1.25. The number of rotatable bonds is 7. The van der Waals surface area contributed by atoms with Crippen molar-refractivity contribution in [3.8, 4) is 17.5 Å². The Morgan fingerprint density at radius 3 is 2.72 bits per heavy atom. The first kappa shape index (κ1) is 25.5. The number of carbonyl (C=O) groups excluding carboxylic acids is 1. The van der Waals surface area contributed by atoms with Crippen LogP contribution >= 0.6 is 0 Å². The molecule has 1 atom stereocenters. The van der Waals surface area contributed by atoms with Gasteiger partial charge in [0.15, 0.2) is 0 Å². The first-order chi connectivity index (χ1) is 17.0. The minimum absolute atomic E-state index is 0.245. The zero-order valence-corrected chi connectivity index (χ0v) is 20.6. The number of anilines is 1. The summed E-state index contributed by atoms with van der Waals surface area (Å²) in [6.07, 6.45) is 3.65. The lowest BCUT2D eigenvalue weighted by molar-refractivity contribution is -0.00177. The van der Waals surface area contributed by atoms with Crippen molar-refractivity contribution in [3.63, 3.8) is 0 Å². The second-order valence-electron chi connectivity index (χ2n) is 10.3. The van der Waals surface area contributed by atoms with Crippen molar-refractivity contribution >= 4 is 17.1 Å². The van der Waals surface area contributed by atoms with Crippen molar-refractivity contribution in [1.29, 1.82) is 5.26 Å². The molecule has 1 aliphatic carbocycles. The summed E-state index contributed by atoms with van der Waals surface area (Å²) in [6, 6.07) is 9.23. The van der Waals surface area contributed by atoms with Crippen LogP contribution in [0, 0.1) is 11.3 Å². The molecule has 1 saturated carbocycles. The molecule has 0 unspecified atom stereocenters. The number of alkyl halides is 1. The van der Waals surface area contributed by atoms with Crippen LogP contribution in [0.3, 0.4) is 0 Å². The average molecular weight is 495 g/mol. The molecule has 0 spiro atoms. The lowest BCUT2D eigenvalue weighted by Gasteiger charge is -2.38. The standard InChI is InChI=1S/C26H31FN6O3/c1-25(2,36)23(27)15-30-24(35)19-14-29-21(11-20(19)32-26(3)8-6-18(34)7-9-26)22-5-4-17-10-16(12-28)13-31-33(17)22/h4-5,10-11,13-14,18,23,34,36H,6-9,15H2,1-3H3,(H,29,32)(H,30,35)/t18-,23-,26+/m1/s1. The summed E-state index contributed by atoms with van der Waals surface area (Å²) >= 11 is 0. The maximum atomic E-state index is 14.3. The molecule has 0 aromatic carbocycles. The van der Waals surface area contributed by atoms with Crippen molar-refractivity contribution in [3.05, 3.63) is 47.8 Å². The monoisotopic (exact) mass is 494 g/mol. The highest BCUT2D eigenvalue weighted by atomic mass is 19.1. The molecule has 0 radical (unpaired) electrons. The van der Waals surface area contributed by atoms with Crippen molar-refractivity contribution in [2.75, 3.05) is 11.9 Å². The molecule has 36 heavy (non-hydrogen) atoms. The molecule has 10 heteroatoms. The number of pyridine rings is 1. The molecular formula is C26H31FN6O3. The Hall–Kier alpha value is -3.55. The van der Waals surface area contributed by atoms with E-state index >= 15 is 0 Å². The number of halogens is 1. The van der Waals surface area contributed by atoms with Crippen LogP contribution < -0.4 is 10.6 Å². The molecule has 1 aliphatic rings. The minimum Gasteiger partial charge on any atom is -0.393 e. The predicted octanol–water partition coefficient (Wildman–Crippen LogP) is 3.21. The Balaban J connectivity index is 1.69. The normalized spacial score (nSPS) is 21.1. The summed E-state index contributed by atoms with van der Waals surface area (Å²) in [5, 5.41) is 39.4. The second kappa shape index (κ2) is 9.84. The quantitative estimate of drug-likeness (QED) is 0.396. The number of fused-ring (bicyclic) bond motifs is 1. The van der Waals surface area contributed by atoms with E-state index in [0.29, 0.717) is 48.3 Å². The van der Waals surface area contributed by atoms with Gasteiger partial charge in [-0.25, -0.2) is 8.91 Å². The zero-order chi connectivity index (χ0) is 26.1. The molecule has 0 bridgehead atoms. The van der Waals surface area contributed by atoms with Gasteiger partial charge < -0.3 is 20.8 Å². The molecule has 4 N–H and O–H groups in total. The molecule has 4 rings (SSSR count). The van der Waals surface area contributed by atoms with E-state index in [1.165, 1.54) is 26.2 Å². The number of aromatic nitrogens is 3. The highest BCUT2D eigenvalue weighted by molar-refractivity contribution is 6.00. The summed E-state index contributed by atoms with van der Waals surface area (Å²) in [4.78, 5) is 17.5. The van der Waals surface area contributed by atoms with Crippen LogP contribution in [0.1, 0.15) is 62.4 Å². The number of amides is 1. The number of nitriles is 1. The van der Waals surface area contributed by atoms with Gasteiger partial charge in [-0.3, -0.25) is 9.78 Å². The third-order valence-electron chi connectivity index (χ3n) is 6.74. The van der Waals surface area contributed by atoms with Crippen LogP contribution in [0.4, 0.5) is 10.1 Å². The Bertz CT molecular complexity index is 1300. The van der Waals surface area contributed by atoms with Gasteiger partial charge in [0.05, 0.1) is 58.2 Å². The fraction of sp³-hybridized carbons (Fsp3) is 0.462. The number of carbonyl (C=O) groups is 1. The summed E-state index contributed by atoms with van der Waals surface area (Å²) in [7, 11) is 0. The van der Waals surface area contributed by atoms with E-state index in [4.69, 9.17) is 5.26 Å². The van der Waals surface area contributed by atoms with Crippen molar-refractivity contribution in [2.45, 2.75) is 69.9 Å². The fourth-order valence-electron chi connectivity index (χ4n) is 4.35. The minimum atomic E-state index is -1.64. The molecule has 0 aliphatic heterocycles. The van der Waals surface area contributed by atoms with Gasteiger partial charge in [-0.2, -0.15) is 10.4 Å². The molecule has 9 nitrogen and oxygen atoms in total. The van der Waals surface area contributed by atoms with Crippen molar-refractivity contribution in [2.24, 2.45) is 0 Å². The van der Waals surface area contributed by atoms with Crippen LogP contribution in [-0.2, 0) is 0 Å². The van der Waals surface area contributed by atoms with E-state index in [-0.39, 0.29) is 23.8 Å². The van der Waals surface area contributed by atoms with Gasteiger partial charge >= 0.3 is 0 Å². The van der Waals surface area contributed by atoms with Gasteiger partial charge in [0.25, 0.3) is 5.91 Å².